The van der Waals surface area contributed by atoms with Crippen molar-refractivity contribution in [3.8, 4) is 0 Å². The van der Waals surface area contributed by atoms with Crippen LogP contribution in [0.25, 0.3) is 0 Å². The van der Waals surface area contributed by atoms with E-state index in [1.54, 1.807) is 0 Å². The van der Waals surface area contributed by atoms with Gasteiger partial charge in [-0.15, -0.1) is 0 Å². The van der Waals surface area contributed by atoms with Gasteiger partial charge in [0.1, 0.15) is 0 Å². The highest BCUT2D eigenvalue weighted by Gasteiger charge is 2.30. The van der Waals surface area contributed by atoms with Gasteiger partial charge in [-0.25, -0.2) is 0 Å². The van der Waals surface area contributed by atoms with Gasteiger partial charge in [0.05, 0.1) is 4.99 Å². The zero-order valence-electron chi connectivity index (χ0n) is 10.8. The zero-order chi connectivity index (χ0) is 12.0. The van der Waals surface area contributed by atoms with E-state index in [9.17, 15) is 0 Å². The number of thiocarbonyl (C=S) groups is 1. The molecule has 1 fully saturated rings. The molecular formula is C13H26N2S. The molecule has 1 rings (SSSR count). The normalized spacial score (nSPS) is 20.9. The van der Waals surface area contributed by atoms with Crippen LogP contribution in [0.1, 0.15) is 52.4 Å². The summed E-state index contributed by atoms with van der Waals surface area (Å²) in [5.74, 6) is 0. The molecule has 0 bridgehead atoms. The monoisotopic (exact) mass is 242 g/mol. The van der Waals surface area contributed by atoms with Crippen LogP contribution in [0.2, 0.25) is 0 Å². The summed E-state index contributed by atoms with van der Waals surface area (Å²) in [5, 5.41) is 0. The summed E-state index contributed by atoms with van der Waals surface area (Å²) in [5.41, 5.74) is 6.15. The first-order chi connectivity index (χ1) is 7.62. The second kappa shape index (κ2) is 6.55. The lowest BCUT2D eigenvalue weighted by Gasteiger charge is -2.41. The van der Waals surface area contributed by atoms with Gasteiger partial charge < -0.3 is 10.6 Å². The first kappa shape index (κ1) is 13.9. The minimum absolute atomic E-state index is 0.639. The van der Waals surface area contributed by atoms with Gasteiger partial charge in [-0.05, 0) is 50.7 Å². The van der Waals surface area contributed by atoms with Crippen molar-refractivity contribution in [2.24, 2.45) is 11.1 Å². The fourth-order valence-corrected chi connectivity index (χ4v) is 2.83. The molecule has 2 N–H and O–H groups in total. The zero-order valence-corrected chi connectivity index (χ0v) is 11.6. The topological polar surface area (TPSA) is 29.3 Å². The molecule has 1 aliphatic rings. The minimum atomic E-state index is 0.639. The van der Waals surface area contributed by atoms with E-state index < -0.39 is 0 Å². The van der Waals surface area contributed by atoms with Crippen LogP contribution in [0.3, 0.4) is 0 Å². The van der Waals surface area contributed by atoms with Gasteiger partial charge in [0.25, 0.3) is 0 Å². The molecule has 1 aliphatic heterocycles. The number of hydrogen-bond donors (Lipinski definition) is 1. The van der Waals surface area contributed by atoms with Gasteiger partial charge in [-0.3, -0.25) is 0 Å². The van der Waals surface area contributed by atoms with Gasteiger partial charge in [0.15, 0.2) is 0 Å². The first-order valence-electron chi connectivity index (χ1n) is 6.62. The Bertz CT molecular complexity index is 214. The molecule has 0 radical (unpaired) electrons. The van der Waals surface area contributed by atoms with Crippen LogP contribution in [0.5, 0.6) is 0 Å². The average molecular weight is 242 g/mol. The number of rotatable bonds is 6. The maximum absolute atomic E-state index is 5.51. The molecule has 0 unspecified atom stereocenters. The highest BCUT2D eigenvalue weighted by atomic mass is 32.1. The molecule has 0 aromatic heterocycles. The van der Waals surface area contributed by atoms with Crippen molar-refractivity contribution in [2.45, 2.75) is 52.4 Å². The molecule has 0 spiro atoms. The summed E-state index contributed by atoms with van der Waals surface area (Å²) in [6.07, 6.45) is 7.44. The molecule has 0 atom stereocenters. The van der Waals surface area contributed by atoms with Crippen LogP contribution in [0.15, 0.2) is 0 Å². The van der Waals surface area contributed by atoms with Crippen LogP contribution in [0.4, 0.5) is 0 Å². The fraction of sp³-hybridized carbons (Fsp3) is 0.923. The third kappa shape index (κ3) is 4.02. The van der Waals surface area contributed by atoms with Crippen molar-refractivity contribution in [3.63, 3.8) is 0 Å². The predicted octanol–water partition coefficient (Wildman–Crippen LogP) is 2.95. The van der Waals surface area contributed by atoms with E-state index in [0.717, 1.165) is 12.8 Å². The van der Waals surface area contributed by atoms with E-state index in [1.807, 2.05) is 0 Å². The van der Waals surface area contributed by atoms with Crippen molar-refractivity contribution in [3.05, 3.63) is 0 Å². The van der Waals surface area contributed by atoms with E-state index in [0.29, 0.717) is 10.4 Å². The Balaban J connectivity index is 2.23. The molecule has 0 aliphatic carbocycles. The lowest BCUT2D eigenvalue weighted by molar-refractivity contribution is 0.0951. The molecule has 2 nitrogen and oxygen atoms in total. The second-order valence-corrected chi connectivity index (χ2v) is 5.64. The summed E-state index contributed by atoms with van der Waals surface area (Å²) in [7, 11) is 0. The van der Waals surface area contributed by atoms with Gasteiger partial charge >= 0.3 is 0 Å². The van der Waals surface area contributed by atoms with E-state index in [-0.39, 0.29) is 0 Å². The van der Waals surface area contributed by atoms with Crippen LogP contribution in [-0.2, 0) is 0 Å². The predicted molar refractivity (Wildman–Crippen MR) is 74.7 cm³/mol. The number of likely N-dealkylation sites (tertiary alicyclic amines) is 1. The summed E-state index contributed by atoms with van der Waals surface area (Å²) < 4.78 is 0. The SMILES string of the molecule is CCC1(CC)CCN(CCCC(N)=S)CC1. The maximum Gasteiger partial charge on any atom is 0.0727 e. The summed E-state index contributed by atoms with van der Waals surface area (Å²) in [6.45, 7) is 8.37. The summed E-state index contributed by atoms with van der Waals surface area (Å²) in [6, 6.07) is 0. The van der Waals surface area contributed by atoms with Gasteiger partial charge in [-0.2, -0.15) is 0 Å². The number of nitrogens with two attached hydrogens (primary N) is 1. The van der Waals surface area contributed by atoms with Crippen molar-refractivity contribution in [1.82, 2.24) is 4.90 Å². The Morgan fingerprint density at radius 3 is 2.25 bits per heavy atom. The van der Waals surface area contributed by atoms with Crippen molar-refractivity contribution >= 4 is 17.2 Å². The summed E-state index contributed by atoms with van der Waals surface area (Å²) >= 11 is 4.90. The Kier molecular flexibility index (Phi) is 5.70. The second-order valence-electron chi connectivity index (χ2n) is 5.12. The van der Waals surface area contributed by atoms with Crippen LogP contribution in [0, 0.1) is 5.41 Å². The standard InChI is InChI=1S/C13H26N2S/c1-3-13(4-2)7-10-15(11-8-13)9-5-6-12(14)16/h3-11H2,1-2H3,(H2,14,16). The highest BCUT2D eigenvalue weighted by Crippen LogP contribution is 2.37. The lowest BCUT2D eigenvalue weighted by atomic mass is 9.74. The Labute approximate surface area is 106 Å². The molecule has 16 heavy (non-hydrogen) atoms. The summed E-state index contributed by atoms with van der Waals surface area (Å²) in [4.78, 5) is 3.23. The van der Waals surface area contributed by atoms with Crippen LogP contribution < -0.4 is 5.73 Å². The quantitative estimate of drug-likeness (QED) is 0.726. The van der Waals surface area contributed by atoms with Crippen LogP contribution in [-0.4, -0.2) is 29.5 Å². The molecular weight excluding hydrogens is 216 g/mol. The largest absolute Gasteiger partial charge is 0.393 e. The third-order valence-corrected chi connectivity index (χ3v) is 4.52. The fourth-order valence-electron chi connectivity index (χ4n) is 2.68. The molecule has 94 valence electrons. The lowest BCUT2D eigenvalue weighted by Crippen LogP contribution is -2.40. The molecule has 0 saturated carbocycles. The van der Waals surface area contributed by atoms with Gasteiger partial charge in [-0.1, -0.05) is 38.9 Å². The Hall–Kier alpha value is -0.150. The van der Waals surface area contributed by atoms with Crippen molar-refractivity contribution in [2.75, 3.05) is 19.6 Å². The number of piperidine rings is 1. The maximum atomic E-state index is 5.51. The number of hydrogen-bond acceptors (Lipinski definition) is 2. The van der Waals surface area contributed by atoms with E-state index >= 15 is 0 Å². The molecule has 0 aromatic carbocycles. The minimum Gasteiger partial charge on any atom is -0.393 e. The third-order valence-electron chi connectivity index (χ3n) is 4.31. The average Bonchev–Trinajstić information content (AvgIpc) is 2.30. The molecule has 1 heterocycles. The Morgan fingerprint density at radius 1 is 1.25 bits per heavy atom. The smallest absolute Gasteiger partial charge is 0.0727 e. The van der Waals surface area contributed by atoms with Crippen molar-refractivity contribution in [1.29, 1.82) is 0 Å². The van der Waals surface area contributed by atoms with E-state index in [1.165, 1.54) is 45.3 Å². The van der Waals surface area contributed by atoms with Crippen LogP contribution >= 0.6 is 12.2 Å². The first-order valence-corrected chi connectivity index (χ1v) is 7.03. The van der Waals surface area contributed by atoms with E-state index in [2.05, 4.69) is 18.7 Å². The molecule has 3 heteroatoms. The molecule has 0 amide bonds. The highest BCUT2D eigenvalue weighted by molar-refractivity contribution is 7.80. The molecule has 1 saturated heterocycles. The van der Waals surface area contributed by atoms with Gasteiger partial charge in [0, 0.05) is 0 Å². The van der Waals surface area contributed by atoms with Crippen molar-refractivity contribution < 1.29 is 0 Å². The van der Waals surface area contributed by atoms with Gasteiger partial charge in [0.2, 0.25) is 0 Å². The van der Waals surface area contributed by atoms with E-state index in [4.69, 9.17) is 18.0 Å². The number of nitrogens with zero attached hydrogens (tertiary/aromatic N) is 1. The molecule has 0 aromatic rings. The Morgan fingerprint density at radius 2 is 1.81 bits per heavy atom.